The highest BCUT2D eigenvalue weighted by Gasteiger charge is 2.25. The Morgan fingerprint density at radius 2 is 1.97 bits per heavy atom. The molecule has 1 aliphatic heterocycles. The number of methoxy groups -OCH3 is 1. The standard InChI is InChI=1S/C22H28N2O5S/c1-16-13-20(28-3)21(14-17(16)2)30(26,27)23-15-18-8-10-24(11-9-18)22(25)7-6-19-5-4-12-29-19/h4-7,12-14,18,23H,8-11,15H2,1-3H3. The number of carbonyl (C=O) groups excluding carboxylic acids is 1. The average Bonchev–Trinajstić information content (AvgIpc) is 3.26. The molecule has 1 aliphatic rings. The van der Waals surface area contributed by atoms with E-state index in [4.69, 9.17) is 9.15 Å². The predicted molar refractivity (Wildman–Crippen MR) is 115 cm³/mol. The van der Waals surface area contributed by atoms with E-state index in [0.717, 1.165) is 24.0 Å². The summed E-state index contributed by atoms with van der Waals surface area (Å²) >= 11 is 0. The second kappa shape index (κ2) is 9.49. The molecule has 2 heterocycles. The van der Waals surface area contributed by atoms with Crippen molar-refractivity contribution in [2.24, 2.45) is 5.92 Å². The number of carbonyl (C=O) groups is 1. The van der Waals surface area contributed by atoms with E-state index in [0.29, 0.717) is 31.1 Å². The van der Waals surface area contributed by atoms with Gasteiger partial charge in [0.1, 0.15) is 16.4 Å². The summed E-state index contributed by atoms with van der Waals surface area (Å²) in [4.78, 5) is 14.2. The number of hydrogen-bond acceptors (Lipinski definition) is 5. The van der Waals surface area contributed by atoms with Gasteiger partial charge in [0.25, 0.3) is 0 Å². The number of sulfonamides is 1. The maximum absolute atomic E-state index is 12.8. The number of furan rings is 1. The zero-order chi connectivity index (χ0) is 21.7. The lowest BCUT2D eigenvalue weighted by Crippen LogP contribution is -2.41. The monoisotopic (exact) mass is 432 g/mol. The highest BCUT2D eigenvalue weighted by molar-refractivity contribution is 7.89. The number of hydrogen-bond donors (Lipinski definition) is 1. The third-order valence-electron chi connectivity index (χ3n) is 5.49. The van der Waals surface area contributed by atoms with Gasteiger partial charge in [0, 0.05) is 25.7 Å². The largest absolute Gasteiger partial charge is 0.495 e. The molecule has 162 valence electrons. The molecule has 3 rings (SSSR count). The fourth-order valence-electron chi connectivity index (χ4n) is 3.44. The number of amides is 1. The molecule has 1 saturated heterocycles. The van der Waals surface area contributed by atoms with Crippen molar-refractivity contribution < 1.29 is 22.4 Å². The van der Waals surface area contributed by atoms with Crippen molar-refractivity contribution in [1.82, 2.24) is 9.62 Å². The Bertz CT molecular complexity index is 1000. The van der Waals surface area contributed by atoms with E-state index in [1.807, 2.05) is 13.8 Å². The molecule has 2 aromatic rings. The Labute approximate surface area is 177 Å². The minimum Gasteiger partial charge on any atom is -0.495 e. The number of piperidine rings is 1. The summed E-state index contributed by atoms with van der Waals surface area (Å²) in [5, 5.41) is 0. The first-order valence-corrected chi connectivity index (χ1v) is 11.4. The summed E-state index contributed by atoms with van der Waals surface area (Å²) in [6, 6.07) is 6.93. The highest BCUT2D eigenvalue weighted by Crippen LogP contribution is 2.27. The molecule has 7 nitrogen and oxygen atoms in total. The molecule has 8 heteroatoms. The molecule has 1 aromatic carbocycles. The molecule has 1 amide bonds. The Kier molecular flexibility index (Phi) is 6.99. The Morgan fingerprint density at radius 1 is 1.27 bits per heavy atom. The van der Waals surface area contributed by atoms with Crippen LogP contribution in [0.5, 0.6) is 5.75 Å². The van der Waals surface area contributed by atoms with E-state index < -0.39 is 10.0 Å². The Hall–Kier alpha value is -2.58. The molecule has 0 radical (unpaired) electrons. The van der Waals surface area contributed by atoms with Crippen molar-refractivity contribution in [3.63, 3.8) is 0 Å². The van der Waals surface area contributed by atoms with Gasteiger partial charge in [0.05, 0.1) is 13.4 Å². The topological polar surface area (TPSA) is 88.9 Å². The van der Waals surface area contributed by atoms with Crippen LogP contribution < -0.4 is 9.46 Å². The lowest BCUT2D eigenvalue weighted by Gasteiger charge is -2.31. The fourth-order valence-corrected chi connectivity index (χ4v) is 4.79. The molecule has 30 heavy (non-hydrogen) atoms. The average molecular weight is 433 g/mol. The number of rotatable bonds is 7. The van der Waals surface area contributed by atoms with Gasteiger partial charge in [-0.25, -0.2) is 13.1 Å². The van der Waals surface area contributed by atoms with Gasteiger partial charge in [0.2, 0.25) is 15.9 Å². The summed E-state index contributed by atoms with van der Waals surface area (Å²) in [5.41, 5.74) is 1.87. The van der Waals surface area contributed by atoms with Crippen molar-refractivity contribution in [1.29, 1.82) is 0 Å². The van der Waals surface area contributed by atoms with Crippen molar-refractivity contribution in [2.45, 2.75) is 31.6 Å². The molecule has 1 aromatic heterocycles. The van der Waals surface area contributed by atoms with E-state index >= 15 is 0 Å². The van der Waals surface area contributed by atoms with Gasteiger partial charge in [0.15, 0.2) is 0 Å². The third-order valence-corrected chi connectivity index (χ3v) is 6.94. The van der Waals surface area contributed by atoms with Gasteiger partial charge in [-0.3, -0.25) is 4.79 Å². The van der Waals surface area contributed by atoms with E-state index in [1.165, 1.54) is 13.2 Å². The zero-order valence-corrected chi connectivity index (χ0v) is 18.4. The van der Waals surface area contributed by atoms with E-state index in [1.54, 1.807) is 41.5 Å². The maximum Gasteiger partial charge on any atom is 0.246 e. The van der Waals surface area contributed by atoms with E-state index in [2.05, 4.69) is 4.72 Å². The zero-order valence-electron chi connectivity index (χ0n) is 17.6. The Morgan fingerprint density at radius 3 is 2.60 bits per heavy atom. The SMILES string of the molecule is COc1cc(C)c(C)cc1S(=O)(=O)NCC1CCN(C(=O)C=Cc2ccco2)CC1. The van der Waals surface area contributed by atoms with Crippen molar-refractivity contribution in [3.8, 4) is 5.75 Å². The van der Waals surface area contributed by atoms with Crippen molar-refractivity contribution >= 4 is 22.0 Å². The number of nitrogens with one attached hydrogen (secondary N) is 1. The van der Waals surface area contributed by atoms with Crippen LogP contribution in [0.3, 0.4) is 0 Å². The van der Waals surface area contributed by atoms with Gasteiger partial charge in [-0.05, 0) is 74.1 Å². The molecule has 1 N–H and O–H groups in total. The normalized spacial score (nSPS) is 15.6. The van der Waals surface area contributed by atoms with Crippen LogP contribution in [0.4, 0.5) is 0 Å². The quantitative estimate of drug-likeness (QED) is 0.679. The second-order valence-electron chi connectivity index (χ2n) is 7.56. The van der Waals surface area contributed by atoms with Crippen LogP contribution in [-0.4, -0.2) is 46.0 Å². The molecule has 0 spiro atoms. The summed E-state index contributed by atoms with van der Waals surface area (Å²) < 4.78 is 38.8. The fraction of sp³-hybridized carbons (Fsp3) is 0.409. The molecular formula is C22H28N2O5S. The minimum atomic E-state index is -3.68. The number of nitrogens with zero attached hydrogens (tertiary/aromatic N) is 1. The summed E-state index contributed by atoms with van der Waals surface area (Å²) in [6.45, 7) is 5.32. The van der Waals surface area contributed by atoms with Gasteiger partial charge in [-0.1, -0.05) is 0 Å². The van der Waals surface area contributed by atoms with Crippen molar-refractivity contribution in [3.05, 3.63) is 53.5 Å². The van der Waals surface area contributed by atoms with Crippen molar-refractivity contribution in [2.75, 3.05) is 26.7 Å². The molecule has 0 unspecified atom stereocenters. The highest BCUT2D eigenvalue weighted by atomic mass is 32.2. The molecule has 0 aliphatic carbocycles. The lowest BCUT2D eigenvalue weighted by atomic mass is 9.97. The van der Waals surface area contributed by atoms with Crippen LogP contribution in [0.25, 0.3) is 6.08 Å². The second-order valence-corrected chi connectivity index (χ2v) is 9.29. The van der Waals surface area contributed by atoms with Crippen LogP contribution in [-0.2, 0) is 14.8 Å². The molecule has 0 bridgehead atoms. The maximum atomic E-state index is 12.8. The molecular weight excluding hydrogens is 404 g/mol. The minimum absolute atomic E-state index is 0.0645. The van der Waals surface area contributed by atoms with Crippen LogP contribution in [0, 0.1) is 19.8 Å². The number of aryl methyl sites for hydroxylation is 2. The summed E-state index contributed by atoms with van der Waals surface area (Å²) in [5.74, 6) is 1.09. The lowest BCUT2D eigenvalue weighted by molar-refractivity contribution is -0.127. The van der Waals surface area contributed by atoms with E-state index in [-0.39, 0.29) is 16.7 Å². The number of likely N-dealkylation sites (tertiary alicyclic amines) is 1. The molecule has 0 saturated carbocycles. The van der Waals surface area contributed by atoms with Crippen LogP contribution in [0.2, 0.25) is 0 Å². The number of benzene rings is 1. The van der Waals surface area contributed by atoms with Gasteiger partial charge in [-0.2, -0.15) is 0 Å². The van der Waals surface area contributed by atoms with Gasteiger partial charge < -0.3 is 14.1 Å². The van der Waals surface area contributed by atoms with E-state index in [9.17, 15) is 13.2 Å². The summed E-state index contributed by atoms with van der Waals surface area (Å²) in [7, 11) is -2.21. The third kappa shape index (κ3) is 5.31. The first-order valence-electron chi connectivity index (χ1n) is 9.95. The van der Waals surface area contributed by atoms with Gasteiger partial charge >= 0.3 is 0 Å². The van der Waals surface area contributed by atoms with Gasteiger partial charge in [-0.15, -0.1) is 0 Å². The smallest absolute Gasteiger partial charge is 0.246 e. The number of ether oxygens (including phenoxy) is 1. The molecule has 0 atom stereocenters. The van der Waals surface area contributed by atoms with Crippen LogP contribution in [0.1, 0.15) is 29.7 Å². The molecule has 1 fully saturated rings. The summed E-state index contributed by atoms with van der Waals surface area (Å²) in [6.07, 6.45) is 6.21. The van der Waals surface area contributed by atoms with Crippen LogP contribution >= 0.6 is 0 Å². The Balaban J connectivity index is 1.54. The van der Waals surface area contributed by atoms with Crippen LogP contribution in [0.15, 0.2) is 45.9 Å². The first-order chi connectivity index (χ1) is 14.3. The first kappa shape index (κ1) is 22.1. The predicted octanol–water partition coefficient (Wildman–Crippen LogP) is 3.14.